The molecular formula is C19H17ClN2O3. The summed E-state index contributed by atoms with van der Waals surface area (Å²) in [5.41, 5.74) is 1.41. The van der Waals surface area contributed by atoms with Crippen molar-refractivity contribution < 1.29 is 14.3 Å². The fourth-order valence-electron chi connectivity index (χ4n) is 2.55. The van der Waals surface area contributed by atoms with Gasteiger partial charge in [-0.15, -0.1) is 0 Å². The van der Waals surface area contributed by atoms with Crippen molar-refractivity contribution in [3.05, 3.63) is 58.6 Å². The normalized spacial score (nSPS) is 16.2. The van der Waals surface area contributed by atoms with Crippen LogP contribution in [0.15, 0.2) is 42.5 Å². The molecule has 128 valence electrons. The molecule has 1 amide bonds. The van der Waals surface area contributed by atoms with Gasteiger partial charge in [0.2, 0.25) is 0 Å². The first-order valence-corrected chi connectivity index (χ1v) is 8.39. The quantitative estimate of drug-likeness (QED) is 0.878. The minimum atomic E-state index is -0.258. The average Bonchev–Trinajstić information content (AvgIpc) is 3.14. The molecule has 2 aromatic rings. The van der Waals surface area contributed by atoms with Crippen LogP contribution < -0.4 is 10.1 Å². The summed E-state index contributed by atoms with van der Waals surface area (Å²) < 4.78 is 11.2. The number of anilines is 1. The Labute approximate surface area is 151 Å². The van der Waals surface area contributed by atoms with Crippen LogP contribution in [-0.4, -0.2) is 25.2 Å². The Morgan fingerprint density at radius 3 is 2.76 bits per heavy atom. The Morgan fingerprint density at radius 1 is 1.32 bits per heavy atom. The van der Waals surface area contributed by atoms with Gasteiger partial charge in [0, 0.05) is 17.9 Å². The second kappa shape index (κ2) is 8.02. The van der Waals surface area contributed by atoms with Gasteiger partial charge in [-0.25, -0.2) is 0 Å². The Balaban J connectivity index is 1.58. The van der Waals surface area contributed by atoms with E-state index in [1.165, 1.54) is 0 Å². The highest BCUT2D eigenvalue weighted by molar-refractivity contribution is 6.32. The van der Waals surface area contributed by atoms with Crippen LogP contribution in [0.4, 0.5) is 5.69 Å². The standard InChI is InChI=1S/C19H17ClN2O3/c20-18-10-15(6-3-14(18)11-21)22-19(23)13-4-7-16(8-5-13)25-12-17-2-1-9-24-17/h3-8,10,17H,1-2,9,12H2,(H,22,23). The molecule has 1 heterocycles. The minimum Gasteiger partial charge on any atom is -0.491 e. The maximum atomic E-state index is 12.3. The predicted molar refractivity (Wildman–Crippen MR) is 95.0 cm³/mol. The van der Waals surface area contributed by atoms with Crippen molar-refractivity contribution >= 4 is 23.2 Å². The second-order valence-corrected chi connectivity index (χ2v) is 6.14. The van der Waals surface area contributed by atoms with Crippen molar-refractivity contribution in [2.24, 2.45) is 0 Å². The van der Waals surface area contributed by atoms with E-state index in [-0.39, 0.29) is 12.0 Å². The fourth-order valence-corrected chi connectivity index (χ4v) is 2.78. The van der Waals surface area contributed by atoms with Gasteiger partial charge in [0.15, 0.2) is 0 Å². The molecule has 25 heavy (non-hydrogen) atoms. The molecule has 0 spiro atoms. The smallest absolute Gasteiger partial charge is 0.255 e. The summed E-state index contributed by atoms with van der Waals surface area (Å²) in [6.45, 7) is 1.32. The van der Waals surface area contributed by atoms with Gasteiger partial charge in [-0.2, -0.15) is 5.26 Å². The molecule has 0 bridgehead atoms. The lowest BCUT2D eigenvalue weighted by atomic mass is 10.2. The number of rotatable bonds is 5. The summed E-state index contributed by atoms with van der Waals surface area (Å²) in [6, 6.07) is 13.7. The van der Waals surface area contributed by atoms with Crippen LogP contribution in [-0.2, 0) is 4.74 Å². The molecule has 0 aromatic heterocycles. The number of halogens is 1. The van der Waals surface area contributed by atoms with Crippen LogP contribution in [0.25, 0.3) is 0 Å². The zero-order valence-electron chi connectivity index (χ0n) is 13.5. The molecule has 0 radical (unpaired) electrons. The predicted octanol–water partition coefficient (Wildman–Crippen LogP) is 4.02. The molecule has 6 heteroatoms. The van der Waals surface area contributed by atoms with E-state index in [2.05, 4.69) is 5.32 Å². The van der Waals surface area contributed by atoms with Crippen LogP contribution >= 0.6 is 11.6 Å². The highest BCUT2D eigenvalue weighted by Crippen LogP contribution is 2.21. The molecule has 1 atom stereocenters. The van der Waals surface area contributed by atoms with E-state index in [0.717, 1.165) is 19.4 Å². The number of benzene rings is 2. The van der Waals surface area contributed by atoms with Crippen molar-refractivity contribution in [3.8, 4) is 11.8 Å². The van der Waals surface area contributed by atoms with Crippen LogP contribution in [0.1, 0.15) is 28.8 Å². The van der Waals surface area contributed by atoms with Gasteiger partial charge in [-0.3, -0.25) is 4.79 Å². The number of hydrogen-bond donors (Lipinski definition) is 1. The summed E-state index contributed by atoms with van der Waals surface area (Å²) in [5.74, 6) is 0.444. The van der Waals surface area contributed by atoms with Crippen LogP contribution in [0.3, 0.4) is 0 Å². The van der Waals surface area contributed by atoms with E-state index in [9.17, 15) is 4.79 Å². The summed E-state index contributed by atoms with van der Waals surface area (Å²) in [7, 11) is 0. The van der Waals surface area contributed by atoms with E-state index >= 15 is 0 Å². The van der Waals surface area contributed by atoms with Gasteiger partial charge in [-0.1, -0.05) is 11.6 Å². The molecule has 5 nitrogen and oxygen atoms in total. The van der Waals surface area contributed by atoms with Gasteiger partial charge in [0.1, 0.15) is 18.4 Å². The lowest BCUT2D eigenvalue weighted by Gasteiger charge is -2.12. The number of carbonyl (C=O) groups is 1. The largest absolute Gasteiger partial charge is 0.491 e. The van der Waals surface area contributed by atoms with Crippen molar-refractivity contribution in [1.82, 2.24) is 0 Å². The van der Waals surface area contributed by atoms with Crippen molar-refractivity contribution in [3.63, 3.8) is 0 Å². The summed E-state index contributed by atoms with van der Waals surface area (Å²) in [4.78, 5) is 12.3. The number of nitrogens with one attached hydrogen (secondary N) is 1. The van der Waals surface area contributed by atoms with Gasteiger partial charge >= 0.3 is 0 Å². The highest BCUT2D eigenvalue weighted by atomic mass is 35.5. The SMILES string of the molecule is N#Cc1ccc(NC(=O)c2ccc(OCC3CCCO3)cc2)cc1Cl. The number of nitrogens with zero attached hydrogens (tertiary/aromatic N) is 1. The van der Waals surface area contributed by atoms with Crippen LogP contribution in [0, 0.1) is 11.3 Å². The first-order chi connectivity index (χ1) is 12.2. The zero-order valence-corrected chi connectivity index (χ0v) is 14.3. The van der Waals surface area contributed by atoms with Crippen molar-refractivity contribution in [2.45, 2.75) is 18.9 Å². The summed E-state index contributed by atoms with van der Waals surface area (Å²) in [6.07, 6.45) is 2.25. The van der Waals surface area contributed by atoms with E-state index < -0.39 is 0 Å². The van der Waals surface area contributed by atoms with E-state index in [1.807, 2.05) is 6.07 Å². The number of hydrogen-bond acceptors (Lipinski definition) is 4. The minimum absolute atomic E-state index is 0.157. The Bertz CT molecular complexity index is 793. The van der Waals surface area contributed by atoms with Gasteiger partial charge in [0.05, 0.1) is 16.7 Å². The highest BCUT2D eigenvalue weighted by Gasteiger charge is 2.16. The zero-order chi connectivity index (χ0) is 17.6. The molecule has 1 unspecified atom stereocenters. The van der Waals surface area contributed by atoms with Crippen LogP contribution in [0.5, 0.6) is 5.75 Å². The fraction of sp³-hybridized carbons (Fsp3) is 0.263. The van der Waals surface area contributed by atoms with Gasteiger partial charge in [-0.05, 0) is 55.3 Å². The van der Waals surface area contributed by atoms with Crippen LogP contribution in [0.2, 0.25) is 5.02 Å². The van der Waals surface area contributed by atoms with Crippen molar-refractivity contribution in [1.29, 1.82) is 5.26 Å². The Kier molecular flexibility index (Phi) is 5.54. The van der Waals surface area contributed by atoms with E-state index in [1.54, 1.807) is 42.5 Å². The summed E-state index contributed by atoms with van der Waals surface area (Å²) >= 11 is 5.97. The number of ether oxygens (including phenoxy) is 2. The lowest BCUT2D eigenvalue weighted by molar-refractivity contribution is 0.0679. The summed E-state index contributed by atoms with van der Waals surface area (Å²) in [5, 5.41) is 11.9. The maximum Gasteiger partial charge on any atom is 0.255 e. The molecule has 1 aliphatic heterocycles. The van der Waals surface area contributed by atoms with E-state index in [4.69, 9.17) is 26.3 Å². The molecule has 1 aliphatic rings. The van der Waals surface area contributed by atoms with E-state index in [0.29, 0.717) is 34.2 Å². The Hall–Kier alpha value is -2.55. The molecule has 1 N–H and O–H groups in total. The maximum absolute atomic E-state index is 12.3. The number of nitriles is 1. The average molecular weight is 357 g/mol. The first-order valence-electron chi connectivity index (χ1n) is 8.01. The number of amides is 1. The molecule has 0 aliphatic carbocycles. The number of carbonyl (C=O) groups excluding carboxylic acids is 1. The molecule has 2 aromatic carbocycles. The molecular weight excluding hydrogens is 340 g/mol. The Morgan fingerprint density at radius 2 is 2.12 bits per heavy atom. The molecule has 1 fully saturated rings. The third-order valence-corrected chi connectivity index (χ3v) is 4.24. The third-order valence-electron chi connectivity index (χ3n) is 3.92. The molecule has 0 saturated carbocycles. The third kappa shape index (κ3) is 4.50. The topological polar surface area (TPSA) is 71.4 Å². The second-order valence-electron chi connectivity index (χ2n) is 5.73. The first kappa shape index (κ1) is 17.3. The van der Waals surface area contributed by atoms with Gasteiger partial charge in [0.25, 0.3) is 5.91 Å². The monoisotopic (exact) mass is 356 g/mol. The lowest BCUT2D eigenvalue weighted by Crippen LogP contribution is -2.16. The van der Waals surface area contributed by atoms with Crippen molar-refractivity contribution in [2.75, 3.05) is 18.5 Å². The van der Waals surface area contributed by atoms with Gasteiger partial charge < -0.3 is 14.8 Å². The molecule has 3 rings (SSSR count). The molecule has 1 saturated heterocycles.